The van der Waals surface area contributed by atoms with E-state index in [0.29, 0.717) is 6.04 Å². The highest BCUT2D eigenvalue weighted by molar-refractivity contribution is 5.77. The largest absolute Gasteiger partial charge is 0.326 e. The lowest BCUT2D eigenvalue weighted by atomic mass is 10.2. The molecule has 0 aliphatic heterocycles. The van der Waals surface area contributed by atoms with Gasteiger partial charge in [-0.2, -0.15) is 0 Å². The molecule has 0 bridgehead atoms. The van der Waals surface area contributed by atoms with Crippen LogP contribution in [0.25, 0.3) is 11.0 Å². The average Bonchev–Trinajstić information content (AvgIpc) is 2.90. The number of H-pyrrole nitrogens is 1. The van der Waals surface area contributed by atoms with Gasteiger partial charge in [-0.05, 0) is 25.3 Å². The second kappa shape index (κ2) is 2.47. The first-order valence-corrected chi connectivity index (χ1v) is 4.82. The number of nitrogens with one attached hydrogen (secondary N) is 1. The molecule has 0 spiro atoms. The molecule has 1 fully saturated rings. The first-order chi connectivity index (χ1) is 6.77. The summed E-state index contributed by atoms with van der Waals surface area (Å²) in [6.45, 7) is 1.99. The van der Waals surface area contributed by atoms with Gasteiger partial charge >= 0.3 is 5.69 Å². The number of aromatic amines is 1. The molecule has 4 heteroatoms. The maximum Gasteiger partial charge on any atom is 0.326 e. The minimum Gasteiger partial charge on any atom is -0.304 e. The van der Waals surface area contributed by atoms with Crippen molar-refractivity contribution in [3.8, 4) is 0 Å². The fraction of sp³-hybridized carbons (Fsp3) is 0.400. The van der Waals surface area contributed by atoms with Crippen LogP contribution in [0.15, 0.2) is 17.2 Å². The van der Waals surface area contributed by atoms with Crippen LogP contribution < -0.4 is 5.69 Å². The quantitative estimate of drug-likeness (QED) is 0.736. The summed E-state index contributed by atoms with van der Waals surface area (Å²) in [7, 11) is 0. The SMILES string of the molecule is Cc1cncc2[nH]c(=O)n(C3CC3)c12. The van der Waals surface area contributed by atoms with Crippen LogP contribution in [0.2, 0.25) is 0 Å². The Balaban J connectivity index is 2.45. The molecule has 0 radical (unpaired) electrons. The summed E-state index contributed by atoms with van der Waals surface area (Å²) in [5, 5.41) is 0. The zero-order chi connectivity index (χ0) is 9.71. The van der Waals surface area contributed by atoms with E-state index in [1.807, 2.05) is 11.5 Å². The molecular weight excluding hydrogens is 178 g/mol. The van der Waals surface area contributed by atoms with E-state index >= 15 is 0 Å². The zero-order valence-electron chi connectivity index (χ0n) is 7.95. The van der Waals surface area contributed by atoms with Crippen molar-refractivity contribution in [2.24, 2.45) is 0 Å². The highest BCUT2D eigenvalue weighted by Crippen LogP contribution is 2.36. The number of imidazole rings is 1. The van der Waals surface area contributed by atoms with E-state index < -0.39 is 0 Å². The Hall–Kier alpha value is -1.58. The normalized spacial score (nSPS) is 16.4. The third-order valence-corrected chi connectivity index (χ3v) is 2.71. The molecule has 0 amide bonds. The Morgan fingerprint density at radius 2 is 2.29 bits per heavy atom. The molecule has 4 nitrogen and oxygen atoms in total. The van der Waals surface area contributed by atoms with Gasteiger partial charge in [-0.25, -0.2) is 4.79 Å². The monoisotopic (exact) mass is 189 g/mol. The van der Waals surface area contributed by atoms with E-state index in [9.17, 15) is 4.79 Å². The summed E-state index contributed by atoms with van der Waals surface area (Å²) in [6.07, 6.45) is 5.75. The van der Waals surface area contributed by atoms with E-state index in [1.54, 1.807) is 12.4 Å². The zero-order valence-corrected chi connectivity index (χ0v) is 7.95. The van der Waals surface area contributed by atoms with Crippen molar-refractivity contribution < 1.29 is 0 Å². The van der Waals surface area contributed by atoms with Crippen molar-refractivity contribution >= 4 is 11.0 Å². The highest BCUT2D eigenvalue weighted by Gasteiger charge is 2.27. The summed E-state index contributed by atoms with van der Waals surface area (Å²) in [5.74, 6) is 0. The van der Waals surface area contributed by atoms with Gasteiger partial charge in [-0.15, -0.1) is 0 Å². The Morgan fingerprint density at radius 3 is 3.00 bits per heavy atom. The summed E-state index contributed by atoms with van der Waals surface area (Å²) < 4.78 is 1.87. The number of hydrogen-bond donors (Lipinski definition) is 1. The predicted octanol–water partition coefficient (Wildman–Crippen LogP) is 1.37. The molecule has 3 rings (SSSR count). The molecule has 0 unspecified atom stereocenters. The van der Waals surface area contributed by atoms with Gasteiger partial charge in [0, 0.05) is 12.2 Å². The lowest BCUT2D eigenvalue weighted by Gasteiger charge is -2.01. The molecule has 2 aromatic heterocycles. The van der Waals surface area contributed by atoms with Crippen molar-refractivity contribution in [1.29, 1.82) is 0 Å². The Bertz CT molecular complexity index is 548. The van der Waals surface area contributed by atoms with Gasteiger partial charge < -0.3 is 4.98 Å². The number of pyridine rings is 1. The molecule has 72 valence electrons. The van der Waals surface area contributed by atoms with Crippen LogP contribution in [0.4, 0.5) is 0 Å². The topological polar surface area (TPSA) is 50.7 Å². The third kappa shape index (κ3) is 0.937. The van der Waals surface area contributed by atoms with E-state index in [2.05, 4.69) is 9.97 Å². The van der Waals surface area contributed by atoms with Crippen LogP contribution in [0.3, 0.4) is 0 Å². The summed E-state index contributed by atoms with van der Waals surface area (Å²) >= 11 is 0. The molecule has 1 aliphatic rings. The van der Waals surface area contributed by atoms with Crippen molar-refractivity contribution in [3.63, 3.8) is 0 Å². The second-order valence-electron chi connectivity index (χ2n) is 3.88. The molecule has 2 heterocycles. The fourth-order valence-corrected chi connectivity index (χ4v) is 1.93. The number of aryl methyl sites for hydroxylation is 1. The lowest BCUT2D eigenvalue weighted by molar-refractivity contribution is 0.731. The van der Waals surface area contributed by atoms with Gasteiger partial charge in [-0.3, -0.25) is 9.55 Å². The fourth-order valence-electron chi connectivity index (χ4n) is 1.93. The van der Waals surface area contributed by atoms with Crippen LogP contribution in [-0.2, 0) is 0 Å². The maximum atomic E-state index is 11.7. The third-order valence-electron chi connectivity index (χ3n) is 2.71. The van der Waals surface area contributed by atoms with Crippen molar-refractivity contribution in [1.82, 2.24) is 14.5 Å². The minimum atomic E-state index is -0.00130. The number of aromatic nitrogens is 3. The van der Waals surface area contributed by atoms with Gasteiger partial charge in [0.15, 0.2) is 0 Å². The smallest absolute Gasteiger partial charge is 0.304 e. The first kappa shape index (κ1) is 7.79. The van der Waals surface area contributed by atoms with E-state index in [0.717, 1.165) is 29.4 Å². The molecule has 0 saturated heterocycles. The van der Waals surface area contributed by atoms with Crippen LogP contribution >= 0.6 is 0 Å². The second-order valence-corrected chi connectivity index (χ2v) is 3.88. The molecule has 1 saturated carbocycles. The van der Waals surface area contributed by atoms with Gasteiger partial charge in [-0.1, -0.05) is 0 Å². The summed E-state index contributed by atoms with van der Waals surface area (Å²) in [5.41, 5.74) is 2.93. The Kier molecular flexibility index (Phi) is 1.37. The minimum absolute atomic E-state index is 0.00130. The number of rotatable bonds is 1. The molecule has 14 heavy (non-hydrogen) atoms. The molecule has 1 aliphatic carbocycles. The number of hydrogen-bond acceptors (Lipinski definition) is 2. The summed E-state index contributed by atoms with van der Waals surface area (Å²) in [4.78, 5) is 18.5. The van der Waals surface area contributed by atoms with Crippen molar-refractivity contribution in [2.75, 3.05) is 0 Å². The van der Waals surface area contributed by atoms with Gasteiger partial charge in [0.1, 0.15) is 0 Å². The van der Waals surface area contributed by atoms with Gasteiger partial charge in [0.25, 0.3) is 0 Å². The van der Waals surface area contributed by atoms with Crippen molar-refractivity contribution in [2.45, 2.75) is 25.8 Å². The van der Waals surface area contributed by atoms with Crippen LogP contribution in [0.1, 0.15) is 24.4 Å². The maximum absolute atomic E-state index is 11.7. The van der Waals surface area contributed by atoms with E-state index in [1.165, 1.54) is 0 Å². The molecule has 0 aromatic carbocycles. The van der Waals surface area contributed by atoms with E-state index in [4.69, 9.17) is 0 Å². The predicted molar refractivity (Wildman–Crippen MR) is 53.4 cm³/mol. The number of nitrogens with zero attached hydrogens (tertiary/aromatic N) is 2. The Morgan fingerprint density at radius 1 is 1.50 bits per heavy atom. The average molecular weight is 189 g/mol. The van der Waals surface area contributed by atoms with Crippen LogP contribution in [-0.4, -0.2) is 14.5 Å². The van der Waals surface area contributed by atoms with Gasteiger partial charge in [0.05, 0.1) is 17.2 Å². The standard InChI is InChI=1S/C10H11N3O/c1-6-4-11-5-8-9(6)13(7-2-3-7)10(14)12-8/h4-5,7H,2-3H2,1H3,(H,12,14). The van der Waals surface area contributed by atoms with Gasteiger partial charge in [0.2, 0.25) is 0 Å². The highest BCUT2D eigenvalue weighted by atomic mass is 16.1. The Labute approximate surface area is 80.6 Å². The summed E-state index contributed by atoms with van der Waals surface area (Å²) in [6, 6.07) is 0.414. The lowest BCUT2D eigenvalue weighted by Crippen LogP contribution is -2.15. The van der Waals surface area contributed by atoms with Crippen LogP contribution in [0, 0.1) is 6.92 Å². The van der Waals surface area contributed by atoms with Crippen molar-refractivity contribution in [3.05, 3.63) is 28.4 Å². The number of fused-ring (bicyclic) bond motifs is 1. The first-order valence-electron chi connectivity index (χ1n) is 4.82. The molecule has 0 atom stereocenters. The molecular formula is C10H11N3O. The van der Waals surface area contributed by atoms with Crippen LogP contribution in [0.5, 0.6) is 0 Å². The molecule has 1 N–H and O–H groups in total. The van der Waals surface area contributed by atoms with E-state index in [-0.39, 0.29) is 5.69 Å². The molecule has 2 aromatic rings.